The minimum Gasteiger partial charge on any atom is -0.425 e. The lowest BCUT2D eigenvalue weighted by atomic mass is 9.89. The van der Waals surface area contributed by atoms with Crippen molar-refractivity contribution in [1.82, 2.24) is 0 Å². The molecule has 0 aliphatic carbocycles. The number of ether oxygens (including phenoxy) is 1. The molecule has 0 aliphatic heterocycles. The van der Waals surface area contributed by atoms with E-state index in [2.05, 4.69) is 86.6 Å². The van der Waals surface area contributed by atoms with Crippen molar-refractivity contribution in [2.45, 2.75) is 20.8 Å². The first-order valence-electron chi connectivity index (χ1n) is 10.2. The Morgan fingerprint density at radius 2 is 1.37 bits per heavy atom. The highest BCUT2D eigenvalue weighted by molar-refractivity contribution is 6.20. The molecule has 0 fully saturated rings. The smallest absolute Gasteiger partial charge is 0.308 e. The van der Waals surface area contributed by atoms with E-state index in [4.69, 9.17) is 4.74 Å². The van der Waals surface area contributed by atoms with Crippen LogP contribution in [0.3, 0.4) is 0 Å². The number of hydrogen-bond donors (Lipinski definition) is 0. The quantitative estimate of drug-likeness (QED) is 0.136. The van der Waals surface area contributed by atoms with E-state index in [1.165, 1.54) is 23.4 Å². The third kappa shape index (κ3) is 3.02. The zero-order valence-electron chi connectivity index (χ0n) is 17.3. The second-order valence-corrected chi connectivity index (χ2v) is 7.96. The van der Waals surface area contributed by atoms with Crippen LogP contribution in [0, 0.1) is 13.8 Å². The summed E-state index contributed by atoms with van der Waals surface area (Å²) in [6.07, 6.45) is 0. The zero-order chi connectivity index (χ0) is 20.8. The summed E-state index contributed by atoms with van der Waals surface area (Å²) in [5.41, 5.74) is 4.36. The third-order valence-electron chi connectivity index (χ3n) is 5.64. The molecule has 0 atom stereocenters. The number of rotatable bonds is 2. The van der Waals surface area contributed by atoms with Crippen LogP contribution >= 0.6 is 0 Å². The van der Waals surface area contributed by atoms with Crippen LogP contribution in [0.5, 0.6) is 5.75 Å². The summed E-state index contributed by atoms with van der Waals surface area (Å²) in [6.45, 7) is 5.64. The van der Waals surface area contributed by atoms with Gasteiger partial charge < -0.3 is 4.74 Å². The van der Waals surface area contributed by atoms with Crippen LogP contribution in [0.1, 0.15) is 18.1 Å². The van der Waals surface area contributed by atoms with Gasteiger partial charge in [0, 0.05) is 17.9 Å². The molecule has 146 valence electrons. The Bertz CT molecular complexity index is 1460. The predicted molar refractivity (Wildman–Crippen MR) is 125 cm³/mol. The van der Waals surface area contributed by atoms with Crippen molar-refractivity contribution in [1.29, 1.82) is 0 Å². The van der Waals surface area contributed by atoms with Crippen LogP contribution in [0.2, 0.25) is 0 Å². The highest BCUT2D eigenvalue weighted by Gasteiger charge is 2.19. The van der Waals surface area contributed by atoms with Crippen molar-refractivity contribution in [3.05, 3.63) is 90.0 Å². The summed E-state index contributed by atoms with van der Waals surface area (Å²) in [4.78, 5) is 12.2. The van der Waals surface area contributed by atoms with Gasteiger partial charge in [-0.25, -0.2) is 0 Å². The molecule has 0 aliphatic rings. The maximum absolute atomic E-state index is 12.2. The summed E-state index contributed by atoms with van der Waals surface area (Å²) in [6, 6.07) is 27.5. The fraction of sp³-hybridized carbons (Fsp3) is 0.107. The first-order valence-corrected chi connectivity index (χ1v) is 10.2. The molecular weight excluding hydrogens is 368 g/mol. The maximum atomic E-state index is 12.2. The average Bonchev–Trinajstić information content (AvgIpc) is 2.72. The number of aryl methyl sites for hydroxylation is 2. The van der Waals surface area contributed by atoms with E-state index >= 15 is 0 Å². The Labute approximate surface area is 175 Å². The molecule has 5 aromatic rings. The lowest BCUT2D eigenvalue weighted by Gasteiger charge is -2.18. The van der Waals surface area contributed by atoms with Gasteiger partial charge in [0.25, 0.3) is 0 Å². The van der Waals surface area contributed by atoms with E-state index < -0.39 is 0 Å². The summed E-state index contributed by atoms with van der Waals surface area (Å²) < 4.78 is 5.91. The largest absolute Gasteiger partial charge is 0.425 e. The van der Waals surface area contributed by atoms with E-state index in [-0.39, 0.29) is 5.97 Å². The van der Waals surface area contributed by atoms with Crippen molar-refractivity contribution in [2.24, 2.45) is 0 Å². The van der Waals surface area contributed by atoms with Gasteiger partial charge in [0.05, 0.1) is 0 Å². The highest BCUT2D eigenvalue weighted by atomic mass is 16.5. The number of fused-ring (bicyclic) bond motifs is 4. The number of benzene rings is 5. The van der Waals surface area contributed by atoms with Crippen LogP contribution in [-0.4, -0.2) is 5.97 Å². The fourth-order valence-corrected chi connectivity index (χ4v) is 4.34. The lowest BCUT2D eigenvalue weighted by Crippen LogP contribution is -2.04. The van der Waals surface area contributed by atoms with Gasteiger partial charge in [-0.15, -0.1) is 0 Å². The van der Waals surface area contributed by atoms with E-state index in [0.29, 0.717) is 5.75 Å². The van der Waals surface area contributed by atoms with Crippen molar-refractivity contribution in [3.8, 4) is 16.9 Å². The van der Waals surface area contributed by atoms with Gasteiger partial charge in [0.1, 0.15) is 5.75 Å². The Kier molecular flexibility index (Phi) is 4.29. The minimum atomic E-state index is -0.314. The molecule has 0 unspecified atom stereocenters. The summed E-state index contributed by atoms with van der Waals surface area (Å²) in [7, 11) is 0. The fourth-order valence-electron chi connectivity index (χ4n) is 4.34. The monoisotopic (exact) mass is 390 g/mol. The Morgan fingerprint density at radius 1 is 0.667 bits per heavy atom. The number of carbonyl (C=O) groups is 1. The van der Waals surface area contributed by atoms with Crippen LogP contribution in [0.25, 0.3) is 43.4 Å². The Morgan fingerprint density at radius 3 is 2.07 bits per heavy atom. The lowest BCUT2D eigenvalue weighted by molar-refractivity contribution is -0.131. The molecule has 0 bridgehead atoms. The van der Waals surface area contributed by atoms with E-state index in [1.54, 1.807) is 0 Å². The summed E-state index contributed by atoms with van der Waals surface area (Å²) >= 11 is 0. The van der Waals surface area contributed by atoms with E-state index in [1.807, 2.05) is 6.07 Å². The van der Waals surface area contributed by atoms with Gasteiger partial charge in [0.15, 0.2) is 0 Å². The number of esters is 1. The Balaban J connectivity index is 2.04. The average molecular weight is 390 g/mol. The van der Waals surface area contributed by atoms with Crippen LogP contribution in [-0.2, 0) is 4.79 Å². The van der Waals surface area contributed by atoms with Crippen LogP contribution in [0.4, 0.5) is 0 Å². The van der Waals surface area contributed by atoms with E-state index in [0.717, 1.165) is 38.1 Å². The van der Waals surface area contributed by atoms with Gasteiger partial charge in [-0.1, -0.05) is 77.9 Å². The molecule has 0 saturated carbocycles. The molecule has 0 aromatic heterocycles. The predicted octanol–water partition coefficient (Wildman–Crippen LogP) is 7.36. The third-order valence-corrected chi connectivity index (χ3v) is 5.64. The highest BCUT2D eigenvalue weighted by Crippen LogP contribution is 2.45. The molecular formula is C28H22O2. The summed E-state index contributed by atoms with van der Waals surface area (Å²) in [5, 5.41) is 6.60. The summed E-state index contributed by atoms with van der Waals surface area (Å²) in [5.74, 6) is 0.317. The Hall–Kier alpha value is -3.65. The second kappa shape index (κ2) is 7.00. The molecule has 0 heterocycles. The normalized spacial score (nSPS) is 11.3. The molecule has 5 rings (SSSR count). The van der Waals surface area contributed by atoms with Crippen molar-refractivity contribution < 1.29 is 9.53 Å². The van der Waals surface area contributed by atoms with Gasteiger partial charge in [-0.3, -0.25) is 4.79 Å². The van der Waals surface area contributed by atoms with Gasteiger partial charge in [0.2, 0.25) is 0 Å². The molecule has 0 saturated heterocycles. The topological polar surface area (TPSA) is 26.3 Å². The van der Waals surface area contributed by atoms with Gasteiger partial charge >= 0.3 is 5.97 Å². The second-order valence-electron chi connectivity index (χ2n) is 7.96. The maximum Gasteiger partial charge on any atom is 0.308 e. The minimum absolute atomic E-state index is 0.314. The SMILES string of the molecule is CC(=O)Oc1c(-c2cccc(C)c2)c2cc(C)ccc2c2cc3ccccc3cc12. The van der Waals surface area contributed by atoms with Gasteiger partial charge in [-0.05, 0) is 58.5 Å². The van der Waals surface area contributed by atoms with Crippen molar-refractivity contribution >= 4 is 38.3 Å². The molecule has 0 N–H and O–H groups in total. The molecule has 2 heteroatoms. The zero-order valence-corrected chi connectivity index (χ0v) is 17.3. The first-order chi connectivity index (χ1) is 14.5. The van der Waals surface area contributed by atoms with Crippen molar-refractivity contribution in [2.75, 3.05) is 0 Å². The number of carbonyl (C=O) groups excluding carboxylic acids is 1. The van der Waals surface area contributed by atoms with Crippen molar-refractivity contribution in [3.63, 3.8) is 0 Å². The molecule has 0 spiro atoms. The van der Waals surface area contributed by atoms with Gasteiger partial charge in [-0.2, -0.15) is 0 Å². The number of hydrogen-bond acceptors (Lipinski definition) is 2. The first kappa shape index (κ1) is 18.4. The standard InChI is InChI=1S/C28H22O2/c1-17-7-6-10-22(13-17)27-25-14-18(2)11-12-23(25)24-15-20-8-4-5-9-21(20)16-26(24)28(27)30-19(3)29/h4-16H,1-3H3. The van der Waals surface area contributed by atoms with Crippen LogP contribution < -0.4 is 4.74 Å². The molecule has 5 aromatic carbocycles. The molecule has 30 heavy (non-hydrogen) atoms. The molecule has 0 radical (unpaired) electrons. The molecule has 0 amide bonds. The van der Waals surface area contributed by atoms with Crippen LogP contribution in [0.15, 0.2) is 78.9 Å². The molecule has 2 nitrogen and oxygen atoms in total. The van der Waals surface area contributed by atoms with E-state index in [9.17, 15) is 4.79 Å².